The van der Waals surface area contributed by atoms with Gasteiger partial charge in [-0.05, 0) is 19.1 Å². The molecular formula is C13H11ClFNO3. The van der Waals surface area contributed by atoms with Crippen molar-refractivity contribution in [3.8, 4) is 0 Å². The van der Waals surface area contributed by atoms with Crippen LogP contribution in [0.3, 0.4) is 0 Å². The van der Waals surface area contributed by atoms with Crippen molar-refractivity contribution < 1.29 is 18.7 Å². The van der Waals surface area contributed by atoms with Gasteiger partial charge in [0.1, 0.15) is 5.82 Å². The van der Waals surface area contributed by atoms with Gasteiger partial charge >= 0.3 is 5.97 Å². The maximum Gasteiger partial charge on any atom is 0.379 e. The SMILES string of the molecule is CCOC(=O)C(=O)c1cn(C)c2cc(Cl)c(F)cc12. The van der Waals surface area contributed by atoms with Gasteiger partial charge in [-0.1, -0.05) is 11.6 Å². The summed E-state index contributed by atoms with van der Waals surface area (Å²) < 4.78 is 19.7. The number of hydrogen-bond acceptors (Lipinski definition) is 3. The smallest absolute Gasteiger partial charge is 0.379 e. The summed E-state index contributed by atoms with van der Waals surface area (Å²) in [6, 6.07) is 2.55. The number of aryl methyl sites for hydroxylation is 1. The second-order valence-electron chi connectivity index (χ2n) is 3.99. The van der Waals surface area contributed by atoms with Crippen LogP contribution in [0.5, 0.6) is 0 Å². The molecule has 6 heteroatoms. The Morgan fingerprint density at radius 1 is 1.42 bits per heavy atom. The normalized spacial score (nSPS) is 10.7. The Labute approximate surface area is 113 Å². The fourth-order valence-electron chi connectivity index (χ4n) is 1.86. The molecule has 100 valence electrons. The lowest BCUT2D eigenvalue weighted by atomic mass is 10.1. The van der Waals surface area contributed by atoms with Crippen molar-refractivity contribution >= 4 is 34.3 Å². The fraction of sp³-hybridized carbons (Fsp3) is 0.231. The van der Waals surface area contributed by atoms with Gasteiger partial charge in [-0.15, -0.1) is 0 Å². The van der Waals surface area contributed by atoms with E-state index in [-0.39, 0.29) is 17.2 Å². The molecule has 0 aliphatic heterocycles. The molecule has 0 spiro atoms. The Morgan fingerprint density at radius 3 is 2.74 bits per heavy atom. The second kappa shape index (κ2) is 5.01. The van der Waals surface area contributed by atoms with Crippen molar-refractivity contribution in [3.05, 3.63) is 34.7 Å². The molecule has 0 N–H and O–H groups in total. The van der Waals surface area contributed by atoms with Crippen molar-refractivity contribution in [2.75, 3.05) is 6.61 Å². The van der Waals surface area contributed by atoms with Crippen LogP contribution in [0.15, 0.2) is 18.3 Å². The van der Waals surface area contributed by atoms with Crippen LogP contribution in [-0.4, -0.2) is 22.9 Å². The van der Waals surface area contributed by atoms with Crippen molar-refractivity contribution in [3.63, 3.8) is 0 Å². The molecule has 0 saturated heterocycles. The number of carbonyl (C=O) groups excluding carboxylic acids is 2. The number of ether oxygens (including phenoxy) is 1. The number of rotatable bonds is 3. The van der Waals surface area contributed by atoms with E-state index in [4.69, 9.17) is 11.6 Å². The number of halogens is 2. The number of benzene rings is 1. The first-order valence-electron chi connectivity index (χ1n) is 5.61. The third-order valence-corrected chi connectivity index (χ3v) is 3.03. The third kappa shape index (κ3) is 2.33. The highest BCUT2D eigenvalue weighted by atomic mass is 35.5. The highest BCUT2D eigenvalue weighted by molar-refractivity contribution is 6.43. The molecule has 0 aliphatic carbocycles. The zero-order chi connectivity index (χ0) is 14.2. The molecule has 0 unspecified atom stereocenters. The zero-order valence-corrected chi connectivity index (χ0v) is 11.1. The number of Topliss-reactive ketones (excluding diaryl/α,β-unsaturated/α-hetero) is 1. The Hall–Kier alpha value is -1.88. The predicted octanol–water partition coefficient (Wildman–Crippen LogP) is 2.72. The van der Waals surface area contributed by atoms with E-state index in [2.05, 4.69) is 4.74 Å². The summed E-state index contributed by atoms with van der Waals surface area (Å²) >= 11 is 5.70. The topological polar surface area (TPSA) is 48.3 Å². The fourth-order valence-corrected chi connectivity index (χ4v) is 2.02. The van der Waals surface area contributed by atoms with E-state index in [1.165, 1.54) is 12.3 Å². The third-order valence-electron chi connectivity index (χ3n) is 2.74. The van der Waals surface area contributed by atoms with Crippen LogP contribution in [0.25, 0.3) is 10.9 Å². The Balaban J connectivity index is 2.59. The summed E-state index contributed by atoms with van der Waals surface area (Å²) in [5.74, 6) is -2.39. The Morgan fingerprint density at radius 2 is 2.11 bits per heavy atom. The zero-order valence-electron chi connectivity index (χ0n) is 10.4. The van der Waals surface area contributed by atoms with Crippen molar-refractivity contribution in [1.29, 1.82) is 0 Å². The Bertz CT molecular complexity index is 678. The minimum absolute atomic E-state index is 0.0381. The van der Waals surface area contributed by atoms with Crippen molar-refractivity contribution in [2.45, 2.75) is 6.92 Å². The lowest BCUT2D eigenvalue weighted by molar-refractivity contribution is -0.137. The molecule has 4 nitrogen and oxygen atoms in total. The van der Waals surface area contributed by atoms with Crippen molar-refractivity contribution in [1.82, 2.24) is 4.57 Å². The first kappa shape index (κ1) is 13.5. The summed E-state index contributed by atoms with van der Waals surface area (Å²) in [4.78, 5) is 23.4. The lowest BCUT2D eigenvalue weighted by Crippen LogP contribution is -2.17. The van der Waals surface area contributed by atoms with Crippen LogP contribution >= 0.6 is 11.6 Å². The standard InChI is InChI=1S/C13H11ClFNO3/c1-3-19-13(18)12(17)8-6-16(2)11-5-9(14)10(15)4-7(8)11/h4-6H,3H2,1-2H3. The first-order chi connectivity index (χ1) is 8.95. The minimum Gasteiger partial charge on any atom is -0.460 e. The van der Waals surface area contributed by atoms with Crippen LogP contribution in [0.1, 0.15) is 17.3 Å². The van der Waals surface area contributed by atoms with E-state index < -0.39 is 17.6 Å². The second-order valence-corrected chi connectivity index (χ2v) is 4.39. The molecule has 0 aliphatic rings. The van der Waals surface area contributed by atoms with Crippen LogP contribution in [0, 0.1) is 5.82 Å². The number of nitrogens with zero attached hydrogens (tertiary/aromatic N) is 1. The number of esters is 1. The molecule has 1 aromatic heterocycles. The van der Waals surface area contributed by atoms with Gasteiger partial charge in [-0.3, -0.25) is 4.79 Å². The number of hydrogen-bond donors (Lipinski definition) is 0. The predicted molar refractivity (Wildman–Crippen MR) is 68.9 cm³/mol. The van der Waals surface area contributed by atoms with E-state index in [0.717, 1.165) is 6.07 Å². The molecule has 0 radical (unpaired) electrons. The minimum atomic E-state index is -0.953. The van der Waals surface area contributed by atoms with Crippen LogP contribution in [-0.2, 0) is 16.6 Å². The van der Waals surface area contributed by atoms with E-state index in [1.807, 2.05) is 0 Å². The molecule has 1 aromatic carbocycles. The van der Waals surface area contributed by atoms with Gasteiger partial charge in [0.15, 0.2) is 0 Å². The summed E-state index contributed by atoms with van der Waals surface area (Å²) in [7, 11) is 1.68. The van der Waals surface area contributed by atoms with Crippen LogP contribution in [0.4, 0.5) is 4.39 Å². The average Bonchev–Trinajstić information content (AvgIpc) is 2.67. The highest BCUT2D eigenvalue weighted by Crippen LogP contribution is 2.27. The molecule has 2 rings (SSSR count). The number of carbonyl (C=O) groups is 2. The molecule has 0 saturated carbocycles. The quantitative estimate of drug-likeness (QED) is 0.494. The van der Waals surface area contributed by atoms with Crippen molar-refractivity contribution in [2.24, 2.45) is 7.05 Å². The summed E-state index contributed by atoms with van der Waals surface area (Å²) in [6.45, 7) is 1.71. The number of ketones is 1. The molecule has 1 heterocycles. The van der Waals surface area contributed by atoms with Crippen LogP contribution in [0.2, 0.25) is 5.02 Å². The highest BCUT2D eigenvalue weighted by Gasteiger charge is 2.23. The summed E-state index contributed by atoms with van der Waals surface area (Å²) in [6.07, 6.45) is 1.46. The molecular weight excluding hydrogens is 273 g/mol. The van der Waals surface area contributed by atoms with Gasteiger partial charge in [0.2, 0.25) is 0 Å². The van der Waals surface area contributed by atoms with E-state index in [0.29, 0.717) is 10.9 Å². The molecule has 2 aromatic rings. The van der Waals surface area contributed by atoms with Crippen LogP contribution < -0.4 is 0 Å². The molecule has 19 heavy (non-hydrogen) atoms. The molecule has 0 atom stereocenters. The van der Waals surface area contributed by atoms with E-state index in [1.54, 1.807) is 18.5 Å². The molecule has 0 bridgehead atoms. The number of aromatic nitrogens is 1. The van der Waals surface area contributed by atoms with E-state index >= 15 is 0 Å². The van der Waals surface area contributed by atoms with Gasteiger partial charge in [-0.2, -0.15) is 0 Å². The monoisotopic (exact) mass is 283 g/mol. The molecule has 0 fully saturated rings. The van der Waals surface area contributed by atoms with E-state index in [9.17, 15) is 14.0 Å². The molecule has 0 amide bonds. The van der Waals surface area contributed by atoms with Gasteiger partial charge in [0.25, 0.3) is 5.78 Å². The average molecular weight is 284 g/mol. The van der Waals surface area contributed by atoms with Gasteiger partial charge < -0.3 is 9.30 Å². The maximum absolute atomic E-state index is 13.5. The first-order valence-corrected chi connectivity index (χ1v) is 5.99. The number of fused-ring (bicyclic) bond motifs is 1. The summed E-state index contributed by atoms with van der Waals surface area (Å²) in [5, 5.41) is 0.297. The largest absolute Gasteiger partial charge is 0.460 e. The van der Waals surface area contributed by atoms with Gasteiger partial charge in [-0.25, -0.2) is 9.18 Å². The van der Waals surface area contributed by atoms with Gasteiger partial charge in [0, 0.05) is 18.6 Å². The Kier molecular flexibility index (Phi) is 3.57. The maximum atomic E-state index is 13.5. The summed E-state index contributed by atoms with van der Waals surface area (Å²) in [5.41, 5.74) is 0.672. The van der Waals surface area contributed by atoms with Gasteiger partial charge in [0.05, 0.1) is 22.7 Å². The lowest BCUT2D eigenvalue weighted by Gasteiger charge is -2.00.